The van der Waals surface area contributed by atoms with E-state index in [-0.39, 0.29) is 11.8 Å². The van der Waals surface area contributed by atoms with Gasteiger partial charge in [0.25, 0.3) is 0 Å². The van der Waals surface area contributed by atoms with Crippen molar-refractivity contribution in [3.63, 3.8) is 0 Å². The summed E-state index contributed by atoms with van der Waals surface area (Å²) in [5.41, 5.74) is 2.11. The van der Waals surface area contributed by atoms with Crippen LogP contribution in [0.4, 0.5) is 0 Å². The van der Waals surface area contributed by atoms with Crippen LogP contribution in [0.1, 0.15) is 42.9 Å². The summed E-state index contributed by atoms with van der Waals surface area (Å²) in [6.45, 7) is 2.15. The maximum atomic E-state index is 6.33. The standard InChI is InChI=1S/C15H17Cl2NO/c1-2-11(15-8-10-19-18-15)12(7-9-16)13-5-3-4-6-14(13)17/h3-6,8,10-12H,2,7,9H2,1H3. The lowest BCUT2D eigenvalue weighted by Gasteiger charge is -2.25. The Morgan fingerprint density at radius 3 is 2.58 bits per heavy atom. The molecule has 2 unspecified atom stereocenters. The van der Waals surface area contributed by atoms with Crippen molar-refractivity contribution in [3.05, 3.63) is 52.9 Å². The number of rotatable bonds is 6. The Hall–Kier alpha value is -0.990. The van der Waals surface area contributed by atoms with Crippen LogP contribution in [-0.2, 0) is 0 Å². The number of hydrogen-bond donors (Lipinski definition) is 0. The maximum Gasteiger partial charge on any atom is 0.124 e. The van der Waals surface area contributed by atoms with Crippen molar-refractivity contribution >= 4 is 23.2 Å². The molecule has 19 heavy (non-hydrogen) atoms. The van der Waals surface area contributed by atoms with E-state index in [0.717, 1.165) is 29.1 Å². The van der Waals surface area contributed by atoms with Crippen molar-refractivity contribution in [2.24, 2.45) is 0 Å². The highest BCUT2D eigenvalue weighted by Crippen LogP contribution is 2.40. The lowest BCUT2D eigenvalue weighted by Crippen LogP contribution is -2.12. The van der Waals surface area contributed by atoms with Crippen LogP contribution in [0.5, 0.6) is 0 Å². The third-order valence-electron chi connectivity index (χ3n) is 3.49. The zero-order valence-corrected chi connectivity index (χ0v) is 12.4. The van der Waals surface area contributed by atoms with Crippen molar-refractivity contribution in [1.82, 2.24) is 5.16 Å². The van der Waals surface area contributed by atoms with Gasteiger partial charge in [-0.25, -0.2) is 0 Å². The van der Waals surface area contributed by atoms with Crippen LogP contribution in [0.25, 0.3) is 0 Å². The Labute approximate surface area is 123 Å². The molecule has 2 rings (SSSR count). The molecule has 0 fully saturated rings. The highest BCUT2D eigenvalue weighted by Gasteiger charge is 2.26. The molecular formula is C15H17Cl2NO. The molecule has 0 N–H and O–H groups in total. The Bertz CT molecular complexity index is 499. The normalized spacial score (nSPS) is 14.3. The first-order valence-electron chi connectivity index (χ1n) is 6.48. The molecule has 1 aromatic heterocycles. The van der Waals surface area contributed by atoms with Crippen molar-refractivity contribution in [2.75, 3.05) is 5.88 Å². The zero-order chi connectivity index (χ0) is 13.7. The van der Waals surface area contributed by atoms with Gasteiger partial charge in [-0.2, -0.15) is 0 Å². The SMILES string of the molecule is CCC(c1ccon1)C(CCCl)c1ccccc1Cl. The van der Waals surface area contributed by atoms with E-state index in [1.807, 2.05) is 24.3 Å². The van der Waals surface area contributed by atoms with Gasteiger partial charge in [0.05, 0.1) is 5.69 Å². The summed E-state index contributed by atoms with van der Waals surface area (Å²) in [7, 11) is 0. The lowest BCUT2D eigenvalue weighted by molar-refractivity contribution is 0.392. The van der Waals surface area contributed by atoms with Crippen molar-refractivity contribution in [1.29, 1.82) is 0 Å². The second-order valence-electron chi connectivity index (χ2n) is 4.54. The molecular weight excluding hydrogens is 281 g/mol. The van der Waals surface area contributed by atoms with Gasteiger partial charge in [-0.1, -0.05) is 41.9 Å². The molecule has 102 valence electrons. The van der Waals surface area contributed by atoms with E-state index in [9.17, 15) is 0 Å². The van der Waals surface area contributed by atoms with Crippen LogP contribution >= 0.6 is 23.2 Å². The highest BCUT2D eigenvalue weighted by atomic mass is 35.5. The lowest BCUT2D eigenvalue weighted by atomic mass is 9.80. The largest absolute Gasteiger partial charge is 0.365 e. The summed E-state index contributed by atoms with van der Waals surface area (Å²) in [6.07, 6.45) is 3.46. The number of benzene rings is 1. The van der Waals surface area contributed by atoms with Gasteiger partial charge in [0.2, 0.25) is 0 Å². The predicted octanol–water partition coefficient (Wildman–Crippen LogP) is 5.23. The smallest absolute Gasteiger partial charge is 0.124 e. The molecule has 4 heteroatoms. The van der Waals surface area contributed by atoms with Crippen molar-refractivity contribution in [2.45, 2.75) is 31.6 Å². The first kappa shape index (κ1) is 14.4. The molecule has 2 nitrogen and oxygen atoms in total. The molecule has 0 spiro atoms. The summed E-state index contributed by atoms with van der Waals surface area (Å²) in [5.74, 6) is 1.14. The van der Waals surface area contributed by atoms with E-state index in [1.54, 1.807) is 6.26 Å². The van der Waals surface area contributed by atoms with Crippen molar-refractivity contribution < 1.29 is 4.52 Å². The minimum absolute atomic E-state index is 0.265. The van der Waals surface area contributed by atoms with E-state index in [1.165, 1.54) is 0 Å². The third-order valence-corrected chi connectivity index (χ3v) is 4.05. The van der Waals surface area contributed by atoms with Gasteiger partial charge < -0.3 is 4.52 Å². The molecule has 1 heterocycles. The Morgan fingerprint density at radius 2 is 2.00 bits per heavy atom. The molecule has 0 aliphatic heterocycles. The van der Waals surface area contributed by atoms with E-state index in [4.69, 9.17) is 27.7 Å². The first-order chi connectivity index (χ1) is 9.27. The molecule has 0 amide bonds. The topological polar surface area (TPSA) is 26.0 Å². The van der Waals surface area contributed by atoms with Crippen LogP contribution < -0.4 is 0 Å². The summed E-state index contributed by atoms with van der Waals surface area (Å²) in [5, 5.41) is 4.88. The van der Waals surface area contributed by atoms with Crippen LogP contribution in [0.3, 0.4) is 0 Å². The third kappa shape index (κ3) is 3.31. The summed E-state index contributed by atoms with van der Waals surface area (Å²) < 4.78 is 4.98. The monoisotopic (exact) mass is 297 g/mol. The second-order valence-corrected chi connectivity index (χ2v) is 5.33. The van der Waals surface area contributed by atoms with Gasteiger partial charge in [-0.15, -0.1) is 11.6 Å². The average Bonchev–Trinajstić information content (AvgIpc) is 2.93. The maximum absolute atomic E-state index is 6.33. The minimum atomic E-state index is 0.265. The average molecular weight is 298 g/mol. The molecule has 2 atom stereocenters. The highest BCUT2D eigenvalue weighted by molar-refractivity contribution is 6.31. The van der Waals surface area contributed by atoms with E-state index < -0.39 is 0 Å². The molecule has 0 aliphatic carbocycles. The molecule has 2 aromatic rings. The Morgan fingerprint density at radius 1 is 1.21 bits per heavy atom. The van der Waals surface area contributed by atoms with Gasteiger partial charge >= 0.3 is 0 Å². The fraction of sp³-hybridized carbons (Fsp3) is 0.400. The second kappa shape index (κ2) is 6.97. The molecule has 0 saturated heterocycles. The zero-order valence-electron chi connectivity index (χ0n) is 10.9. The number of halogens is 2. The molecule has 0 bridgehead atoms. The van der Waals surface area contributed by atoms with Gasteiger partial charge in [0.1, 0.15) is 6.26 Å². The first-order valence-corrected chi connectivity index (χ1v) is 7.39. The summed E-state index contributed by atoms with van der Waals surface area (Å²) in [6, 6.07) is 9.88. The number of hydrogen-bond acceptors (Lipinski definition) is 2. The van der Waals surface area contributed by atoms with Gasteiger partial charge in [0, 0.05) is 22.9 Å². The number of alkyl halides is 1. The Balaban J connectivity index is 2.36. The molecule has 0 saturated carbocycles. The van der Waals surface area contributed by atoms with Crippen molar-refractivity contribution in [3.8, 4) is 0 Å². The summed E-state index contributed by atoms with van der Waals surface area (Å²) in [4.78, 5) is 0. The van der Waals surface area contributed by atoms with Gasteiger partial charge in [-0.3, -0.25) is 0 Å². The fourth-order valence-electron chi connectivity index (χ4n) is 2.58. The number of nitrogens with zero attached hydrogens (tertiary/aromatic N) is 1. The van der Waals surface area contributed by atoms with E-state index in [0.29, 0.717) is 5.88 Å². The van der Waals surface area contributed by atoms with Gasteiger partial charge in [-0.05, 0) is 30.4 Å². The van der Waals surface area contributed by atoms with E-state index >= 15 is 0 Å². The van der Waals surface area contributed by atoms with E-state index in [2.05, 4.69) is 18.1 Å². The van der Waals surface area contributed by atoms with Gasteiger partial charge in [0.15, 0.2) is 0 Å². The molecule has 0 radical (unpaired) electrons. The fourth-order valence-corrected chi connectivity index (χ4v) is 3.09. The predicted molar refractivity (Wildman–Crippen MR) is 79.1 cm³/mol. The quantitative estimate of drug-likeness (QED) is 0.682. The molecule has 0 aliphatic rings. The minimum Gasteiger partial charge on any atom is -0.365 e. The number of aromatic nitrogens is 1. The Kier molecular flexibility index (Phi) is 5.29. The van der Waals surface area contributed by atoms with Crippen LogP contribution in [-0.4, -0.2) is 11.0 Å². The van der Waals surface area contributed by atoms with Crippen LogP contribution in [0.15, 0.2) is 41.1 Å². The summed E-state index contributed by atoms with van der Waals surface area (Å²) >= 11 is 12.3. The molecule has 1 aromatic carbocycles. The van der Waals surface area contributed by atoms with Crippen LogP contribution in [0.2, 0.25) is 5.02 Å². The van der Waals surface area contributed by atoms with Crippen LogP contribution in [0, 0.1) is 0 Å².